The molecular formula is C66H50N8. The molecule has 0 bridgehead atoms. The van der Waals surface area contributed by atoms with Gasteiger partial charge in [0.2, 0.25) is 11.9 Å². The number of rotatable bonds is 10. The molecule has 0 radical (unpaired) electrons. The molecule has 8 heteroatoms. The fourth-order valence-corrected chi connectivity index (χ4v) is 11.2. The van der Waals surface area contributed by atoms with Crippen LogP contribution in [0.15, 0.2) is 231 Å². The molecule has 354 valence electrons. The van der Waals surface area contributed by atoms with Crippen LogP contribution < -0.4 is 9.80 Å². The molecule has 0 amide bonds. The van der Waals surface area contributed by atoms with Gasteiger partial charge in [-0.2, -0.15) is 19.9 Å². The lowest BCUT2D eigenvalue weighted by Gasteiger charge is -2.32. The van der Waals surface area contributed by atoms with E-state index in [-0.39, 0.29) is 5.41 Å². The quantitative estimate of drug-likeness (QED) is 0.134. The number of fused-ring (bicyclic) bond motifs is 7. The smallest absolute Gasteiger partial charge is 0.241 e. The van der Waals surface area contributed by atoms with Crippen LogP contribution in [0.25, 0.3) is 67.8 Å². The van der Waals surface area contributed by atoms with Gasteiger partial charge < -0.3 is 4.90 Å². The molecule has 2 aliphatic rings. The third-order valence-electron chi connectivity index (χ3n) is 14.7. The molecule has 0 N–H and O–H groups in total. The average Bonchev–Trinajstić information content (AvgIpc) is 3.85. The van der Waals surface area contributed by atoms with Gasteiger partial charge in [0.05, 0.1) is 5.69 Å². The Morgan fingerprint density at radius 3 is 0.878 bits per heavy atom. The van der Waals surface area contributed by atoms with Crippen LogP contribution in [-0.4, -0.2) is 29.9 Å². The summed E-state index contributed by atoms with van der Waals surface area (Å²) in [6.07, 6.45) is 0. The number of para-hydroxylation sites is 2. The van der Waals surface area contributed by atoms with E-state index in [1.807, 2.05) is 126 Å². The molecule has 2 aromatic heterocycles. The second-order valence-corrected chi connectivity index (χ2v) is 20.0. The van der Waals surface area contributed by atoms with Gasteiger partial charge in [-0.3, -0.25) is 0 Å². The molecule has 0 unspecified atom stereocenters. The van der Waals surface area contributed by atoms with Crippen molar-refractivity contribution in [2.45, 2.75) is 38.5 Å². The van der Waals surface area contributed by atoms with Gasteiger partial charge in [0.1, 0.15) is 0 Å². The maximum atomic E-state index is 5.30. The zero-order valence-electron chi connectivity index (χ0n) is 41.5. The van der Waals surface area contributed by atoms with Crippen molar-refractivity contribution in [3.8, 4) is 67.8 Å². The van der Waals surface area contributed by atoms with Gasteiger partial charge in [-0.25, -0.2) is 14.9 Å². The largest absolute Gasteiger partial charge is 0.310 e. The van der Waals surface area contributed by atoms with Gasteiger partial charge in [0.15, 0.2) is 23.3 Å². The fraction of sp³-hybridized carbons (Fsp3) is 0.0909. The van der Waals surface area contributed by atoms with Gasteiger partial charge in [0, 0.05) is 50.1 Å². The van der Waals surface area contributed by atoms with E-state index in [0.29, 0.717) is 35.2 Å². The first kappa shape index (κ1) is 44.5. The number of anilines is 6. The van der Waals surface area contributed by atoms with Gasteiger partial charge in [0.25, 0.3) is 0 Å². The van der Waals surface area contributed by atoms with Crippen LogP contribution in [0.5, 0.6) is 0 Å². The summed E-state index contributed by atoms with van der Waals surface area (Å²) < 4.78 is 0. The van der Waals surface area contributed by atoms with Gasteiger partial charge >= 0.3 is 0 Å². The summed E-state index contributed by atoms with van der Waals surface area (Å²) in [5, 5.41) is 0. The minimum Gasteiger partial charge on any atom is -0.310 e. The summed E-state index contributed by atoms with van der Waals surface area (Å²) in [5.41, 5.74) is 17.1. The lowest BCUT2D eigenvalue weighted by atomic mass is 9.72. The van der Waals surface area contributed by atoms with Crippen molar-refractivity contribution in [3.05, 3.63) is 253 Å². The standard InChI is InChI=1S/C66H50N8/c1-65(2)55-41-49(73(47-31-19-9-20-32-47)48-33-21-10-22-34-48)35-37-51(55)53-39-40-54-52-38-36-50(42-56(52)66(3,4)58(54)57(53)65)74(63-69-59(43-23-11-5-12-24-43)67-60(70-63)44-25-13-6-14-26-44)64-71-61(45-27-15-7-16-28-45)68-62(72-64)46-29-17-8-18-30-46/h5-42H,1-4H3. The lowest BCUT2D eigenvalue weighted by Crippen LogP contribution is -2.24. The van der Waals surface area contributed by atoms with Crippen molar-refractivity contribution in [1.82, 2.24) is 29.9 Å². The highest BCUT2D eigenvalue weighted by atomic mass is 15.4. The zero-order valence-corrected chi connectivity index (χ0v) is 41.5. The molecule has 0 saturated carbocycles. The number of nitrogens with zero attached hydrogens (tertiary/aromatic N) is 8. The summed E-state index contributed by atoms with van der Waals surface area (Å²) >= 11 is 0. The number of hydrogen-bond donors (Lipinski definition) is 0. The topological polar surface area (TPSA) is 83.8 Å². The van der Waals surface area contributed by atoms with Gasteiger partial charge in [-0.15, -0.1) is 0 Å². The normalized spacial score (nSPS) is 13.4. The molecule has 8 nitrogen and oxygen atoms in total. The minimum absolute atomic E-state index is 0.321. The van der Waals surface area contributed by atoms with Crippen molar-refractivity contribution in [1.29, 1.82) is 0 Å². The number of aromatic nitrogens is 6. The molecular weight excluding hydrogens is 905 g/mol. The maximum Gasteiger partial charge on any atom is 0.241 e. The molecule has 2 aliphatic carbocycles. The monoisotopic (exact) mass is 954 g/mol. The van der Waals surface area contributed by atoms with Crippen molar-refractivity contribution in [3.63, 3.8) is 0 Å². The molecule has 0 spiro atoms. The first-order chi connectivity index (χ1) is 36.2. The Bertz CT molecular complexity index is 3600. The zero-order chi connectivity index (χ0) is 50.0. The third-order valence-corrected chi connectivity index (χ3v) is 14.7. The van der Waals surface area contributed by atoms with Crippen LogP contribution in [0.1, 0.15) is 49.9 Å². The molecule has 0 aliphatic heterocycles. The predicted molar refractivity (Wildman–Crippen MR) is 299 cm³/mol. The van der Waals surface area contributed by atoms with Gasteiger partial charge in [-0.05, 0) is 93.0 Å². The van der Waals surface area contributed by atoms with E-state index in [1.165, 1.54) is 44.5 Å². The molecule has 9 aromatic carbocycles. The van der Waals surface area contributed by atoms with Crippen LogP contribution >= 0.6 is 0 Å². The summed E-state index contributed by atoms with van der Waals surface area (Å²) in [6.45, 7) is 9.54. The van der Waals surface area contributed by atoms with E-state index in [1.54, 1.807) is 0 Å². The summed E-state index contributed by atoms with van der Waals surface area (Å²) in [6, 6.07) is 79.9. The second kappa shape index (κ2) is 17.7. The Morgan fingerprint density at radius 1 is 0.270 bits per heavy atom. The Labute approximate surface area is 431 Å². The molecule has 13 rings (SSSR count). The van der Waals surface area contributed by atoms with Crippen LogP contribution in [0.3, 0.4) is 0 Å². The Hall–Kier alpha value is -9.40. The molecule has 11 aromatic rings. The van der Waals surface area contributed by atoms with Crippen molar-refractivity contribution >= 4 is 34.6 Å². The highest BCUT2D eigenvalue weighted by Crippen LogP contribution is 2.60. The summed E-state index contributed by atoms with van der Waals surface area (Å²) in [5.74, 6) is 2.89. The van der Waals surface area contributed by atoms with Crippen molar-refractivity contribution in [2.75, 3.05) is 9.80 Å². The van der Waals surface area contributed by atoms with Crippen molar-refractivity contribution < 1.29 is 0 Å². The highest BCUT2D eigenvalue weighted by molar-refractivity contribution is 5.93. The first-order valence-electron chi connectivity index (χ1n) is 25.1. The highest BCUT2D eigenvalue weighted by Gasteiger charge is 2.46. The lowest BCUT2D eigenvalue weighted by molar-refractivity contribution is 0.601. The van der Waals surface area contributed by atoms with Crippen LogP contribution in [0.4, 0.5) is 34.6 Å². The Balaban J connectivity index is 0.987. The van der Waals surface area contributed by atoms with E-state index in [4.69, 9.17) is 29.9 Å². The summed E-state index contributed by atoms with van der Waals surface area (Å²) in [7, 11) is 0. The molecule has 2 heterocycles. The van der Waals surface area contributed by atoms with Crippen LogP contribution in [0.2, 0.25) is 0 Å². The predicted octanol–water partition coefficient (Wildman–Crippen LogP) is 16.3. The van der Waals surface area contributed by atoms with Crippen LogP contribution in [-0.2, 0) is 10.8 Å². The molecule has 0 fully saturated rings. The fourth-order valence-electron chi connectivity index (χ4n) is 11.2. The van der Waals surface area contributed by atoms with E-state index in [2.05, 4.69) is 142 Å². The van der Waals surface area contributed by atoms with Crippen molar-refractivity contribution in [2.24, 2.45) is 0 Å². The summed E-state index contributed by atoms with van der Waals surface area (Å²) in [4.78, 5) is 35.7. The van der Waals surface area contributed by atoms with E-state index in [0.717, 1.165) is 45.0 Å². The van der Waals surface area contributed by atoms with Gasteiger partial charge in [-0.1, -0.05) is 210 Å². The third kappa shape index (κ3) is 7.53. The molecule has 0 saturated heterocycles. The Kier molecular flexibility index (Phi) is 10.7. The second-order valence-electron chi connectivity index (χ2n) is 20.0. The average molecular weight is 955 g/mol. The molecule has 74 heavy (non-hydrogen) atoms. The van der Waals surface area contributed by atoms with Crippen LogP contribution in [0, 0.1) is 0 Å². The number of hydrogen-bond acceptors (Lipinski definition) is 8. The van der Waals surface area contributed by atoms with E-state index < -0.39 is 5.41 Å². The minimum atomic E-state index is -0.424. The van der Waals surface area contributed by atoms with E-state index >= 15 is 0 Å². The van der Waals surface area contributed by atoms with E-state index in [9.17, 15) is 0 Å². The number of benzene rings is 9. The Morgan fingerprint density at radius 2 is 0.554 bits per heavy atom. The molecule has 0 atom stereocenters. The maximum absolute atomic E-state index is 5.30. The first-order valence-corrected chi connectivity index (χ1v) is 25.1. The SMILES string of the molecule is CC1(C)c2cc(N(c3ccccc3)c3ccccc3)ccc2-c2ccc3c(c21)C(C)(C)c1cc(N(c2nc(-c4ccccc4)nc(-c4ccccc4)n2)c2nc(-c4ccccc4)nc(-c4ccccc4)n2)ccc1-3.